The topological polar surface area (TPSA) is 57.7 Å². The number of sulfonamides is 1. The number of anilines is 2. The highest BCUT2D eigenvalue weighted by Crippen LogP contribution is 2.44. The molecule has 0 fully saturated rings. The van der Waals surface area contributed by atoms with Crippen LogP contribution in [0.4, 0.5) is 11.4 Å². The Bertz CT molecular complexity index is 1470. The minimum atomic E-state index is -3.90. The van der Waals surface area contributed by atoms with Crippen LogP contribution in [0.15, 0.2) is 114 Å². The van der Waals surface area contributed by atoms with Crippen LogP contribution in [-0.2, 0) is 10.0 Å². The van der Waals surface area contributed by atoms with Crippen molar-refractivity contribution in [1.82, 2.24) is 0 Å². The van der Waals surface area contributed by atoms with Gasteiger partial charge in [-0.3, -0.25) is 9.10 Å². The van der Waals surface area contributed by atoms with Gasteiger partial charge in [0.15, 0.2) is 0 Å². The van der Waals surface area contributed by atoms with E-state index in [4.69, 9.17) is 0 Å². The molecule has 5 rings (SSSR count). The van der Waals surface area contributed by atoms with Crippen molar-refractivity contribution in [3.63, 3.8) is 0 Å². The van der Waals surface area contributed by atoms with Crippen molar-refractivity contribution in [3.8, 4) is 0 Å². The first-order valence-corrected chi connectivity index (χ1v) is 13.5. The van der Waals surface area contributed by atoms with Gasteiger partial charge in [-0.1, -0.05) is 72.3 Å². The van der Waals surface area contributed by atoms with Crippen LogP contribution in [0.3, 0.4) is 0 Å². The zero-order valence-corrected chi connectivity index (χ0v) is 21.1. The number of fused-ring (bicyclic) bond motifs is 1. The fourth-order valence-electron chi connectivity index (χ4n) is 4.92. The van der Waals surface area contributed by atoms with E-state index in [1.54, 1.807) is 17.0 Å². The van der Waals surface area contributed by atoms with E-state index in [1.165, 1.54) is 4.31 Å². The first-order chi connectivity index (χ1) is 17.4. The van der Waals surface area contributed by atoms with E-state index < -0.39 is 16.1 Å². The lowest BCUT2D eigenvalue weighted by Crippen LogP contribution is -2.47. The average molecular weight is 497 g/mol. The molecule has 36 heavy (non-hydrogen) atoms. The Morgan fingerprint density at radius 2 is 1.39 bits per heavy atom. The summed E-state index contributed by atoms with van der Waals surface area (Å²) in [6, 6.07) is 32.2. The molecule has 0 aromatic heterocycles. The summed E-state index contributed by atoms with van der Waals surface area (Å²) in [5.41, 5.74) is 3.72. The van der Waals surface area contributed by atoms with Gasteiger partial charge in [-0.25, -0.2) is 8.42 Å². The summed E-state index contributed by atoms with van der Waals surface area (Å²) in [5.74, 6) is -0.0957. The van der Waals surface area contributed by atoms with Crippen molar-refractivity contribution < 1.29 is 13.2 Å². The fraction of sp³-hybridized carbons (Fsp3) is 0.167. The number of aryl methyl sites for hydroxylation is 1. The molecule has 1 aliphatic rings. The lowest BCUT2D eigenvalue weighted by Gasteiger charge is -2.43. The Labute approximate surface area is 212 Å². The number of hydrogen-bond donors (Lipinski definition) is 0. The maximum atomic E-state index is 14.1. The van der Waals surface area contributed by atoms with Gasteiger partial charge >= 0.3 is 0 Å². The molecule has 6 heteroatoms. The van der Waals surface area contributed by atoms with E-state index >= 15 is 0 Å². The van der Waals surface area contributed by atoms with Crippen LogP contribution < -0.4 is 9.21 Å². The van der Waals surface area contributed by atoms with E-state index in [1.807, 2.05) is 111 Å². The molecule has 0 N–H and O–H groups in total. The highest BCUT2D eigenvalue weighted by atomic mass is 32.2. The highest BCUT2D eigenvalue weighted by Gasteiger charge is 2.41. The van der Waals surface area contributed by atoms with Crippen molar-refractivity contribution in [3.05, 3.63) is 126 Å². The van der Waals surface area contributed by atoms with Crippen molar-refractivity contribution in [2.75, 3.05) is 9.21 Å². The van der Waals surface area contributed by atoms with Crippen LogP contribution in [0.1, 0.15) is 40.9 Å². The molecule has 0 saturated carbocycles. The summed E-state index contributed by atoms with van der Waals surface area (Å²) in [7, 11) is -3.90. The molecule has 1 aliphatic heterocycles. The van der Waals surface area contributed by atoms with Crippen LogP contribution in [0.5, 0.6) is 0 Å². The van der Waals surface area contributed by atoms with Crippen LogP contribution in [0.2, 0.25) is 0 Å². The number of nitrogens with zero attached hydrogens (tertiary/aromatic N) is 2. The first-order valence-electron chi connectivity index (χ1n) is 12.0. The summed E-state index contributed by atoms with van der Waals surface area (Å²) in [6.45, 7) is 3.91. The predicted molar refractivity (Wildman–Crippen MR) is 144 cm³/mol. The molecule has 182 valence electrons. The van der Waals surface area contributed by atoms with E-state index in [0.717, 1.165) is 16.8 Å². The second-order valence-corrected chi connectivity index (χ2v) is 11.0. The van der Waals surface area contributed by atoms with Gasteiger partial charge in [0.05, 0.1) is 16.6 Å². The predicted octanol–water partition coefficient (Wildman–Crippen LogP) is 6.37. The smallest absolute Gasteiger partial charge is 0.264 e. The third kappa shape index (κ3) is 4.29. The van der Waals surface area contributed by atoms with Crippen LogP contribution in [-0.4, -0.2) is 20.4 Å². The third-order valence-electron chi connectivity index (χ3n) is 6.67. The van der Waals surface area contributed by atoms with Crippen molar-refractivity contribution in [2.45, 2.75) is 37.2 Å². The summed E-state index contributed by atoms with van der Waals surface area (Å²) >= 11 is 0. The Hall–Kier alpha value is -3.90. The number of para-hydroxylation sites is 2. The Morgan fingerprint density at radius 3 is 2.06 bits per heavy atom. The van der Waals surface area contributed by atoms with Gasteiger partial charge in [0.1, 0.15) is 0 Å². The van der Waals surface area contributed by atoms with Crippen LogP contribution in [0.25, 0.3) is 0 Å². The zero-order valence-electron chi connectivity index (χ0n) is 20.3. The maximum absolute atomic E-state index is 14.1. The minimum Gasteiger partial charge on any atom is -0.305 e. The monoisotopic (exact) mass is 496 g/mol. The average Bonchev–Trinajstić information content (AvgIpc) is 2.90. The van der Waals surface area contributed by atoms with E-state index in [0.29, 0.717) is 17.7 Å². The molecule has 1 heterocycles. The lowest BCUT2D eigenvalue weighted by atomic mass is 9.90. The number of carbonyl (C=O) groups excluding carboxylic acids is 1. The van der Waals surface area contributed by atoms with Gasteiger partial charge in [-0.15, -0.1) is 0 Å². The quantitative estimate of drug-likeness (QED) is 0.323. The van der Waals surface area contributed by atoms with Gasteiger partial charge in [0.25, 0.3) is 15.9 Å². The van der Waals surface area contributed by atoms with Crippen molar-refractivity contribution in [2.24, 2.45) is 0 Å². The molecule has 0 unspecified atom stereocenters. The van der Waals surface area contributed by atoms with Crippen LogP contribution in [0, 0.1) is 6.92 Å². The second-order valence-electron chi connectivity index (χ2n) is 9.15. The van der Waals surface area contributed by atoms with Crippen molar-refractivity contribution >= 4 is 27.3 Å². The molecule has 0 radical (unpaired) electrons. The summed E-state index contributed by atoms with van der Waals surface area (Å²) in [6.07, 6.45) is 0.454. The molecular formula is C30H28N2O3S. The second kappa shape index (κ2) is 9.63. The number of hydrogen-bond acceptors (Lipinski definition) is 3. The third-order valence-corrected chi connectivity index (χ3v) is 8.52. The van der Waals surface area contributed by atoms with Gasteiger partial charge in [-0.2, -0.15) is 0 Å². The molecule has 4 aromatic rings. The van der Waals surface area contributed by atoms with E-state index in [2.05, 4.69) is 0 Å². The molecule has 0 bridgehead atoms. The van der Waals surface area contributed by atoms with Crippen molar-refractivity contribution in [1.29, 1.82) is 0 Å². The molecular weight excluding hydrogens is 468 g/mol. The van der Waals surface area contributed by atoms with Crippen LogP contribution >= 0.6 is 0 Å². The van der Waals surface area contributed by atoms with Gasteiger partial charge < -0.3 is 4.90 Å². The van der Waals surface area contributed by atoms with E-state index in [9.17, 15) is 13.2 Å². The maximum Gasteiger partial charge on any atom is 0.264 e. The van der Waals surface area contributed by atoms with Gasteiger partial charge in [0, 0.05) is 17.3 Å². The summed E-state index contributed by atoms with van der Waals surface area (Å²) in [5, 5.41) is 0. The SMILES string of the molecule is Cc1ccc(S(=O)(=O)N(c2ccccc2)[C@H]2C[C@H](C)N(C(=O)c3ccccc3)c3ccccc32)cc1. The highest BCUT2D eigenvalue weighted by molar-refractivity contribution is 7.92. The molecule has 5 nitrogen and oxygen atoms in total. The number of benzene rings is 4. The molecule has 0 spiro atoms. The summed E-state index contributed by atoms with van der Waals surface area (Å²) in [4.78, 5) is 15.6. The fourth-order valence-corrected chi connectivity index (χ4v) is 6.56. The Balaban J connectivity index is 1.65. The lowest BCUT2D eigenvalue weighted by molar-refractivity contribution is 0.0974. The summed E-state index contributed by atoms with van der Waals surface area (Å²) < 4.78 is 29.8. The molecule has 0 saturated heterocycles. The van der Waals surface area contributed by atoms with Gasteiger partial charge in [0.2, 0.25) is 0 Å². The largest absolute Gasteiger partial charge is 0.305 e. The number of amides is 1. The standard InChI is InChI=1S/C30H28N2O3S/c1-22-17-19-26(20-18-22)36(34,35)32(25-13-7-4-8-14-25)29-21-23(2)31(28-16-10-9-15-27(28)29)30(33)24-11-5-3-6-12-24/h3-20,23,29H,21H2,1-2H3/t23-,29-/m0/s1. The Morgan fingerprint density at radius 1 is 0.806 bits per heavy atom. The number of rotatable bonds is 5. The molecule has 0 aliphatic carbocycles. The minimum absolute atomic E-state index is 0.0957. The normalized spacial score (nSPS) is 17.3. The molecule has 2 atom stereocenters. The first kappa shape index (κ1) is 23.8. The Kier molecular flexibility index (Phi) is 6.37. The van der Waals surface area contributed by atoms with Gasteiger partial charge in [-0.05, 0) is 68.3 Å². The van der Waals surface area contributed by atoms with E-state index in [-0.39, 0.29) is 16.8 Å². The number of carbonyl (C=O) groups is 1. The molecule has 4 aromatic carbocycles. The zero-order chi connectivity index (χ0) is 25.3. The molecule has 1 amide bonds.